The summed E-state index contributed by atoms with van der Waals surface area (Å²) in [5, 5.41) is 4.80. The van der Waals surface area contributed by atoms with Gasteiger partial charge in [-0.25, -0.2) is 5.14 Å². The number of hydrogen-bond acceptors (Lipinski definition) is 2. The van der Waals surface area contributed by atoms with Crippen LogP contribution in [0.4, 0.5) is 0 Å². The third-order valence-electron chi connectivity index (χ3n) is 2.08. The SMILES string of the molecule is [NH3+]S(=O)(=O)c1cccc2ccccc12. The van der Waals surface area contributed by atoms with Gasteiger partial charge in [-0.1, -0.05) is 36.4 Å². The predicted molar refractivity (Wildman–Crippen MR) is 54.0 cm³/mol. The summed E-state index contributed by atoms with van der Waals surface area (Å²) in [5.74, 6) is 0. The second-order valence-corrected chi connectivity index (χ2v) is 4.76. The van der Waals surface area contributed by atoms with Crippen molar-refractivity contribution >= 4 is 20.8 Å². The molecule has 0 unspecified atom stereocenters. The fourth-order valence-electron chi connectivity index (χ4n) is 1.47. The highest BCUT2D eigenvalue weighted by Gasteiger charge is 2.14. The largest absolute Gasteiger partial charge is 0.323 e. The monoisotopic (exact) mass is 208 g/mol. The molecule has 0 aliphatic rings. The van der Waals surface area contributed by atoms with Crippen LogP contribution in [0, 0.1) is 0 Å². The van der Waals surface area contributed by atoms with Gasteiger partial charge in [-0.3, -0.25) is 0 Å². The highest BCUT2D eigenvalue weighted by molar-refractivity contribution is 7.84. The maximum Gasteiger partial charge on any atom is 0.323 e. The second-order valence-electron chi connectivity index (χ2n) is 3.09. The van der Waals surface area contributed by atoms with Gasteiger partial charge in [0.15, 0.2) is 0 Å². The fourth-order valence-corrected chi connectivity index (χ4v) is 2.27. The summed E-state index contributed by atoms with van der Waals surface area (Å²) < 4.78 is 22.7. The molecule has 14 heavy (non-hydrogen) atoms. The molecule has 0 saturated heterocycles. The van der Waals surface area contributed by atoms with E-state index in [2.05, 4.69) is 5.14 Å². The Bertz CT molecular complexity index is 570. The van der Waals surface area contributed by atoms with Gasteiger partial charge >= 0.3 is 10.0 Å². The lowest BCUT2D eigenvalue weighted by Gasteiger charge is -2.00. The van der Waals surface area contributed by atoms with Crippen LogP contribution in [0.2, 0.25) is 0 Å². The van der Waals surface area contributed by atoms with Gasteiger partial charge in [0, 0.05) is 5.39 Å². The van der Waals surface area contributed by atoms with Crippen molar-refractivity contribution in [2.45, 2.75) is 4.90 Å². The fraction of sp³-hybridized carbons (Fsp3) is 0. The van der Waals surface area contributed by atoms with Gasteiger partial charge in [0.05, 0.1) is 0 Å². The quantitative estimate of drug-likeness (QED) is 0.752. The van der Waals surface area contributed by atoms with E-state index in [0.29, 0.717) is 0 Å². The number of sulfonamides is 1. The van der Waals surface area contributed by atoms with Crippen LogP contribution in [0.25, 0.3) is 10.8 Å². The van der Waals surface area contributed by atoms with Crippen molar-refractivity contribution < 1.29 is 13.6 Å². The van der Waals surface area contributed by atoms with Gasteiger partial charge in [0.1, 0.15) is 4.90 Å². The first-order chi connectivity index (χ1) is 6.59. The second kappa shape index (κ2) is 3.08. The van der Waals surface area contributed by atoms with Crippen molar-refractivity contribution in [3.8, 4) is 0 Å². The summed E-state index contributed by atoms with van der Waals surface area (Å²) in [5.41, 5.74) is 0. The zero-order chi connectivity index (χ0) is 10.2. The normalized spacial score (nSPS) is 11.8. The minimum Gasteiger partial charge on any atom is -0.248 e. The van der Waals surface area contributed by atoms with Crippen molar-refractivity contribution in [3.63, 3.8) is 0 Å². The molecule has 0 atom stereocenters. The lowest BCUT2D eigenvalue weighted by Crippen LogP contribution is -2.56. The van der Waals surface area contributed by atoms with Crippen molar-refractivity contribution in [3.05, 3.63) is 42.5 Å². The maximum absolute atomic E-state index is 11.3. The number of benzene rings is 2. The average molecular weight is 208 g/mol. The summed E-state index contributed by atoms with van der Waals surface area (Å²) in [6.45, 7) is 0. The first-order valence-electron chi connectivity index (χ1n) is 4.15. The molecule has 72 valence electrons. The first kappa shape index (κ1) is 9.18. The molecule has 0 heterocycles. The number of rotatable bonds is 1. The van der Waals surface area contributed by atoms with E-state index < -0.39 is 10.0 Å². The van der Waals surface area contributed by atoms with Gasteiger partial charge in [-0.2, -0.15) is 8.42 Å². The van der Waals surface area contributed by atoms with E-state index in [9.17, 15) is 8.42 Å². The summed E-state index contributed by atoms with van der Waals surface area (Å²) in [6.07, 6.45) is 0. The number of fused-ring (bicyclic) bond motifs is 1. The Kier molecular flexibility index (Phi) is 2.02. The highest BCUT2D eigenvalue weighted by atomic mass is 32.2. The Balaban J connectivity index is 2.92. The lowest BCUT2D eigenvalue weighted by molar-refractivity contribution is -0.164. The van der Waals surface area contributed by atoms with Crippen molar-refractivity contribution in [2.75, 3.05) is 0 Å². The van der Waals surface area contributed by atoms with Crippen LogP contribution in [0.15, 0.2) is 47.4 Å². The zero-order valence-electron chi connectivity index (χ0n) is 7.47. The Morgan fingerprint density at radius 2 is 1.57 bits per heavy atom. The highest BCUT2D eigenvalue weighted by Crippen LogP contribution is 2.20. The molecule has 0 spiro atoms. The molecule has 3 N–H and O–H groups in total. The standard InChI is InChI=1S/C10H9NO2S/c11-14(12,13)10-7-3-5-8-4-1-2-6-9(8)10/h1-7H,(H2,11,12,13)/p+1. The predicted octanol–water partition coefficient (Wildman–Crippen LogP) is 0.770. The van der Waals surface area contributed by atoms with Gasteiger partial charge in [-0.05, 0) is 11.5 Å². The number of hydrogen-bond donors (Lipinski definition) is 1. The van der Waals surface area contributed by atoms with Crippen LogP contribution in [0.3, 0.4) is 0 Å². The summed E-state index contributed by atoms with van der Waals surface area (Å²) >= 11 is 0. The van der Waals surface area contributed by atoms with E-state index in [4.69, 9.17) is 0 Å². The first-order valence-corrected chi connectivity index (χ1v) is 5.80. The summed E-state index contributed by atoms with van der Waals surface area (Å²) in [6, 6.07) is 12.5. The van der Waals surface area contributed by atoms with E-state index in [0.717, 1.165) is 10.8 Å². The molecule has 4 heteroatoms. The molecule has 0 radical (unpaired) electrons. The zero-order valence-corrected chi connectivity index (χ0v) is 8.29. The third kappa shape index (κ3) is 1.49. The molecule has 2 aromatic carbocycles. The van der Waals surface area contributed by atoms with Gasteiger partial charge in [0.25, 0.3) is 0 Å². The van der Waals surface area contributed by atoms with Crippen LogP contribution in [0.5, 0.6) is 0 Å². The molecule has 0 aliphatic carbocycles. The molecule has 2 rings (SSSR count). The Labute approximate surface area is 82.2 Å². The third-order valence-corrected chi connectivity index (χ3v) is 3.11. The minimum atomic E-state index is -3.38. The van der Waals surface area contributed by atoms with E-state index in [1.54, 1.807) is 18.2 Å². The van der Waals surface area contributed by atoms with Crippen LogP contribution < -0.4 is 5.14 Å². The van der Waals surface area contributed by atoms with Crippen molar-refractivity contribution in [1.29, 1.82) is 0 Å². The van der Waals surface area contributed by atoms with E-state index in [1.807, 2.05) is 24.3 Å². The molecule has 0 fully saturated rings. The van der Waals surface area contributed by atoms with E-state index in [1.165, 1.54) is 0 Å². The Morgan fingerprint density at radius 3 is 2.29 bits per heavy atom. The average Bonchev–Trinajstić information content (AvgIpc) is 2.15. The molecule has 0 saturated carbocycles. The van der Waals surface area contributed by atoms with Gasteiger partial charge < -0.3 is 0 Å². The van der Waals surface area contributed by atoms with Crippen LogP contribution in [-0.2, 0) is 10.0 Å². The molecule has 2 aromatic rings. The minimum absolute atomic E-state index is 0.288. The molecule has 0 amide bonds. The van der Waals surface area contributed by atoms with Crippen molar-refractivity contribution in [2.24, 2.45) is 0 Å². The molecular weight excluding hydrogens is 198 g/mol. The summed E-state index contributed by atoms with van der Waals surface area (Å²) in [4.78, 5) is 0.288. The molecule has 0 bridgehead atoms. The van der Waals surface area contributed by atoms with Gasteiger partial charge in [-0.15, -0.1) is 0 Å². The molecule has 0 aliphatic heterocycles. The van der Waals surface area contributed by atoms with Crippen LogP contribution in [-0.4, -0.2) is 8.42 Å². The van der Waals surface area contributed by atoms with E-state index >= 15 is 0 Å². The van der Waals surface area contributed by atoms with Crippen LogP contribution >= 0.6 is 0 Å². The van der Waals surface area contributed by atoms with Crippen LogP contribution in [0.1, 0.15) is 0 Å². The van der Waals surface area contributed by atoms with Gasteiger partial charge in [0.2, 0.25) is 0 Å². The smallest absolute Gasteiger partial charge is 0.248 e. The Morgan fingerprint density at radius 1 is 0.929 bits per heavy atom. The molecule has 3 nitrogen and oxygen atoms in total. The van der Waals surface area contributed by atoms with E-state index in [-0.39, 0.29) is 4.90 Å². The maximum atomic E-state index is 11.3. The topological polar surface area (TPSA) is 61.8 Å². The summed E-state index contributed by atoms with van der Waals surface area (Å²) in [7, 11) is -3.38. The molecular formula is C10H10NO2S+. The number of quaternary nitrogens is 1. The Hall–Kier alpha value is -1.39. The molecule has 0 aromatic heterocycles. The van der Waals surface area contributed by atoms with Crippen molar-refractivity contribution in [1.82, 2.24) is 0 Å². The lowest BCUT2D eigenvalue weighted by atomic mass is 10.1.